The minimum absolute atomic E-state index is 0.698. The molecule has 0 saturated heterocycles. The van der Waals surface area contributed by atoms with Gasteiger partial charge in [-0.1, -0.05) is 48.2 Å². The van der Waals surface area contributed by atoms with E-state index in [1.165, 1.54) is 0 Å². The Balaban J connectivity index is 1.77. The van der Waals surface area contributed by atoms with E-state index < -0.39 is 0 Å². The number of hydrogen-bond acceptors (Lipinski definition) is 5. The molecule has 3 rings (SSSR count). The van der Waals surface area contributed by atoms with Crippen LogP contribution in [0.2, 0.25) is 0 Å². The lowest BCUT2D eigenvalue weighted by Gasteiger charge is -2.22. The predicted molar refractivity (Wildman–Crippen MR) is 84.6 cm³/mol. The van der Waals surface area contributed by atoms with Crippen LogP contribution < -0.4 is 5.01 Å². The molecule has 0 aliphatic carbocycles. The third kappa shape index (κ3) is 3.24. The van der Waals surface area contributed by atoms with Crippen molar-refractivity contribution in [3.63, 3.8) is 0 Å². The van der Waals surface area contributed by atoms with Gasteiger partial charge >= 0.3 is 0 Å². The van der Waals surface area contributed by atoms with Crippen LogP contribution in [0.15, 0.2) is 76.0 Å². The molecule has 0 fully saturated rings. The first kappa shape index (κ1) is 12.9. The molecule has 5 heteroatoms. The number of azo groups is 1. The number of rotatable bonds is 2. The van der Waals surface area contributed by atoms with E-state index in [9.17, 15) is 0 Å². The minimum atomic E-state index is 0.698. The Kier molecular flexibility index (Phi) is 4.08. The molecule has 0 aromatic heterocycles. The van der Waals surface area contributed by atoms with Crippen LogP contribution in [-0.2, 0) is 0 Å². The standard InChI is InChI=1S/C15H14N4S/c1-3-7-13(8-4-1)16-17-15-18-19(11-12-20-15)14-9-5-2-6-10-14/h1-10H,11-12H2. The Hall–Kier alpha value is -2.14. The third-order valence-corrected chi connectivity index (χ3v) is 3.61. The van der Waals surface area contributed by atoms with E-state index in [1.807, 2.05) is 65.7 Å². The number of hydrazone groups is 1. The summed E-state index contributed by atoms with van der Waals surface area (Å²) in [5, 5.41) is 15.6. The van der Waals surface area contributed by atoms with Crippen molar-refractivity contribution in [3.8, 4) is 0 Å². The Bertz CT molecular complexity index is 610. The van der Waals surface area contributed by atoms with Crippen molar-refractivity contribution in [2.24, 2.45) is 15.3 Å². The summed E-state index contributed by atoms with van der Waals surface area (Å²) in [6.45, 7) is 0.888. The average molecular weight is 282 g/mol. The zero-order valence-corrected chi connectivity index (χ0v) is 11.7. The molecule has 20 heavy (non-hydrogen) atoms. The summed E-state index contributed by atoms with van der Waals surface area (Å²) in [5.74, 6) is 0.960. The van der Waals surface area contributed by atoms with Gasteiger partial charge in [0.05, 0.1) is 17.9 Å². The van der Waals surface area contributed by atoms with E-state index in [0.717, 1.165) is 23.7 Å². The number of amidine groups is 1. The summed E-state index contributed by atoms with van der Waals surface area (Å²) in [4.78, 5) is 0. The Labute approximate surface area is 122 Å². The summed E-state index contributed by atoms with van der Waals surface area (Å²) in [6, 6.07) is 19.8. The second kappa shape index (κ2) is 6.34. The van der Waals surface area contributed by atoms with E-state index in [1.54, 1.807) is 11.8 Å². The summed E-state index contributed by atoms with van der Waals surface area (Å²) >= 11 is 1.63. The van der Waals surface area contributed by atoms with Gasteiger partial charge in [-0.05, 0) is 24.3 Å². The molecule has 1 aliphatic rings. The Morgan fingerprint density at radius 2 is 1.60 bits per heavy atom. The zero-order valence-electron chi connectivity index (χ0n) is 10.9. The van der Waals surface area contributed by atoms with E-state index in [0.29, 0.717) is 5.17 Å². The van der Waals surface area contributed by atoms with Crippen molar-refractivity contribution in [1.82, 2.24) is 0 Å². The van der Waals surface area contributed by atoms with E-state index in [-0.39, 0.29) is 0 Å². The topological polar surface area (TPSA) is 40.3 Å². The molecule has 0 atom stereocenters. The van der Waals surface area contributed by atoms with Gasteiger partial charge < -0.3 is 0 Å². The molecule has 0 amide bonds. The van der Waals surface area contributed by atoms with Gasteiger partial charge in [-0.25, -0.2) is 0 Å². The molecule has 0 bridgehead atoms. The molecule has 0 unspecified atom stereocenters. The molecule has 4 nitrogen and oxygen atoms in total. The second-order valence-corrected chi connectivity index (χ2v) is 5.29. The maximum atomic E-state index is 4.52. The first-order chi connectivity index (χ1) is 9.92. The molecule has 1 heterocycles. The molecule has 2 aromatic rings. The van der Waals surface area contributed by atoms with Crippen LogP contribution in [0.4, 0.5) is 11.4 Å². The maximum Gasteiger partial charge on any atom is 0.227 e. The van der Waals surface area contributed by atoms with Crippen molar-refractivity contribution in [2.75, 3.05) is 17.3 Å². The quantitative estimate of drug-likeness (QED) is 0.771. The third-order valence-electron chi connectivity index (χ3n) is 2.80. The van der Waals surface area contributed by atoms with Gasteiger partial charge in [-0.15, -0.1) is 15.3 Å². The summed E-state index contributed by atoms with van der Waals surface area (Å²) in [7, 11) is 0. The first-order valence-electron chi connectivity index (χ1n) is 6.42. The zero-order chi connectivity index (χ0) is 13.6. The monoisotopic (exact) mass is 282 g/mol. The fraction of sp³-hybridized carbons (Fsp3) is 0.133. The lowest BCUT2D eigenvalue weighted by Crippen LogP contribution is -2.25. The molecular weight excluding hydrogens is 268 g/mol. The van der Waals surface area contributed by atoms with Crippen molar-refractivity contribution in [2.45, 2.75) is 0 Å². The molecule has 1 aliphatic heterocycles. The van der Waals surface area contributed by atoms with E-state index in [4.69, 9.17) is 0 Å². The van der Waals surface area contributed by atoms with Crippen molar-refractivity contribution in [3.05, 3.63) is 60.7 Å². The van der Waals surface area contributed by atoms with Gasteiger partial charge in [0.15, 0.2) is 0 Å². The number of para-hydroxylation sites is 1. The molecule has 0 N–H and O–H groups in total. The molecule has 0 radical (unpaired) electrons. The average Bonchev–Trinajstić information content (AvgIpc) is 2.55. The van der Waals surface area contributed by atoms with Crippen LogP contribution in [0, 0.1) is 0 Å². The van der Waals surface area contributed by atoms with Crippen LogP contribution in [0.1, 0.15) is 0 Å². The van der Waals surface area contributed by atoms with Crippen LogP contribution in [-0.4, -0.2) is 17.5 Å². The highest BCUT2D eigenvalue weighted by atomic mass is 32.2. The number of nitrogens with zero attached hydrogens (tertiary/aromatic N) is 4. The normalized spacial score (nSPS) is 15.4. The SMILES string of the molecule is c1ccc(N=NC2=NN(c3ccccc3)CCS2)cc1. The number of anilines is 1. The van der Waals surface area contributed by atoms with Crippen molar-refractivity contribution in [1.29, 1.82) is 0 Å². The summed E-state index contributed by atoms with van der Waals surface area (Å²) in [5.41, 5.74) is 1.92. The van der Waals surface area contributed by atoms with Gasteiger partial charge in [0.2, 0.25) is 5.17 Å². The number of hydrogen-bond donors (Lipinski definition) is 0. The highest BCUT2D eigenvalue weighted by Crippen LogP contribution is 2.22. The minimum Gasteiger partial charge on any atom is -0.262 e. The lowest BCUT2D eigenvalue weighted by molar-refractivity contribution is 0.892. The molecule has 2 aromatic carbocycles. The summed E-state index contributed by atoms with van der Waals surface area (Å²) in [6.07, 6.45) is 0. The maximum absolute atomic E-state index is 4.52. The van der Waals surface area contributed by atoms with Gasteiger partial charge in [0.1, 0.15) is 0 Å². The smallest absolute Gasteiger partial charge is 0.227 e. The Morgan fingerprint density at radius 1 is 0.900 bits per heavy atom. The fourth-order valence-electron chi connectivity index (χ4n) is 1.84. The Morgan fingerprint density at radius 3 is 2.35 bits per heavy atom. The molecule has 100 valence electrons. The van der Waals surface area contributed by atoms with Gasteiger partial charge in [0.25, 0.3) is 0 Å². The fourth-order valence-corrected chi connectivity index (χ4v) is 2.54. The van der Waals surface area contributed by atoms with E-state index >= 15 is 0 Å². The summed E-state index contributed by atoms with van der Waals surface area (Å²) < 4.78 is 0. The highest BCUT2D eigenvalue weighted by Gasteiger charge is 2.13. The predicted octanol–water partition coefficient (Wildman–Crippen LogP) is 4.29. The molecule has 0 saturated carbocycles. The molecular formula is C15H14N4S. The van der Waals surface area contributed by atoms with Gasteiger partial charge in [-0.2, -0.15) is 0 Å². The van der Waals surface area contributed by atoms with Crippen molar-refractivity contribution < 1.29 is 0 Å². The number of benzene rings is 2. The van der Waals surface area contributed by atoms with Crippen molar-refractivity contribution >= 4 is 28.3 Å². The van der Waals surface area contributed by atoms with Crippen LogP contribution in [0.5, 0.6) is 0 Å². The molecule has 0 spiro atoms. The van der Waals surface area contributed by atoms with Gasteiger partial charge in [-0.3, -0.25) is 5.01 Å². The first-order valence-corrected chi connectivity index (χ1v) is 7.41. The highest BCUT2D eigenvalue weighted by molar-refractivity contribution is 8.13. The van der Waals surface area contributed by atoms with Gasteiger partial charge in [0, 0.05) is 5.75 Å². The van der Waals surface area contributed by atoms with E-state index in [2.05, 4.69) is 15.3 Å². The number of thioether (sulfide) groups is 1. The second-order valence-electron chi connectivity index (χ2n) is 4.23. The van der Waals surface area contributed by atoms with Crippen LogP contribution in [0.3, 0.4) is 0 Å². The van der Waals surface area contributed by atoms with Crippen LogP contribution in [0.25, 0.3) is 0 Å². The van der Waals surface area contributed by atoms with Crippen LogP contribution >= 0.6 is 11.8 Å². The lowest BCUT2D eigenvalue weighted by atomic mass is 10.3. The largest absolute Gasteiger partial charge is 0.262 e.